The second-order valence-electron chi connectivity index (χ2n) is 0. The molecule has 0 unspecified atom stereocenters. The first kappa shape index (κ1) is 32.3. The second kappa shape index (κ2) is 18.1. The molecular formula is CuPbSZn. The molecule has 0 aromatic rings. The Morgan fingerprint density at radius 2 is 1.00 bits per heavy atom. The minimum atomic E-state index is 0. The maximum absolute atomic E-state index is 0. The Hall–Kier alpha value is 2.41. The van der Waals surface area contributed by atoms with Gasteiger partial charge in [-0.15, -0.1) is 0 Å². The Labute approximate surface area is 76.3 Å². The fourth-order valence-corrected chi connectivity index (χ4v) is 0. The van der Waals surface area contributed by atoms with Crippen LogP contribution >= 0.6 is 0 Å². The van der Waals surface area contributed by atoms with Gasteiger partial charge < -0.3 is 13.5 Å². The van der Waals surface area contributed by atoms with Gasteiger partial charge in [0.05, 0.1) is 0 Å². The Morgan fingerprint density at radius 1 is 1.00 bits per heavy atom. The van der Waals surface area contributed by atoms with E-state index in [1.807, 2.05) is 0 Å². The minimum Gasteiger partial charge on any atom is -2.00 e. The van der Waals surface area contributed by atoms with Crippen LogP contribution in [-0.4, -0.2) is 27.3 Å². The van der Waals surface area contributed by atoms with Crippen LogP contribution in [0.15, 0.2) is 0 Å². The van der Waals surface area contributed by atoms with Crippen LogP contribution in [0.2, 0.25) is 0 Å². The van der Waals surface area contributed by atoms with E-state index in [-0.39, 0.29) is 77.3 Å². The first-order valence-electron chi connectivity index (χ1n) is 0. The van der Waals surface area contributed by atoms with E-state index in [1.165, 1.54) is 0 Å². The van der Waals surface area contributed by atoms with Gasteiger partial charge in [0.1, 0.15) is 0 Å². The van der Waals surface area contributed by atoms with Crippen LogP contribution in [0.25, 0.3) is 0 Å². The van der Waals surface area contributed by atoms with E-state index in [1.54, 1.807) is 0 Å². The molecule has 0 saturated carbocycles. The Kier molecular flexibility index (Phi) is 146. The van der Waals surface area contributed by atoms with Crippen LogP contribution in [0.5, 0.6) is 0 Å². The summed E-state index contributed by atoms with van der Waals surface area (Å²) in [5, 5.41) is 0. The molecule has 0 fully saturated rings. The average Bonchev–Trinajstić information content (AvgIpc) is 0. The molecule has 0 aromatic carbocycles. The summed E-state index contributed by atoms with van der Waals surface area (Å²) in [5.74, 6) is 0. The molecule has 4 heavy (non-hydrogen) atoms. The van der Waals surface area contributed by atoms with Crippen molar-refractivity contribution in [3.05, 3.63) is 0 Å². The number of hydrogen-bond acceptors (Lipinski definition) is 0. The molecule has 0 aromatic heterocycles. The summed E-state index contributed by atoms with van der Waals surface area (Å²) in [6, 6.07) is 0. The van der Waals surface area contributed by atoms with E-state index < -0.39 is 0 Å². The predicted molar refractivity (Wildman–Crippen MR) is 13.1 cm³/mol. The Morgan fingerprint density at radius 3 is 1.00 bits per heavy atom. The van der Waals surface area contributed by atoms with Crippen LogP contribution in [0.3, 0.4) is 0 Å². The van der Waals surface area contributed by atoms with Gasteiger partial charge in [0.25, 0.3) is 0 Å². The van der Waals surface area contributed by atoms with Crippen LogP contribution in [-0.2, 0) is 50.0 Å². The van der Waals surface area contributed by atoms with Gasteiger partial charge in [-0.2, -0.15) is 0 Å². The van der Waals surface area contributed by atoms with E-state index in [0.717, 1.165) is 0 Å². The fourth-order valence-electron chi connectivity index (χ4n) is 0. The van der Waals surface area contributed by atoms with Crippen LogP contribution in [0.1, 0.15) is 0 Å². The van der Waals surface area contributed by atoms with Gasteiger partial charge in [0.15, 0.2) is 0 Å². The molecule has 0 aliphatic rings. The van der Waals surface area contributed by atoms with Crippen molar-refractivity contribution in [3.63, 3.8) is 0 Å². The van der Waals surface area contributed by atoms with Crippen molar-refractivity contribution in [2.45, 2.75) is 0 Å². The molecule has 5 radical (unpaired) electrons. The number of hydrogen-bond donors (Lipinski definition) is 0. The second-order valence-corrected chi connectivity index (χ2v) is 0. The smallest absolute Gasteiger partial charge is 2.00 e. The molecule has 0 nitrogen and oxygen atoms in total. The quantitative estimate of drug-likeness (QED) is 0.511. The summed E-state index contributed by atoms with van der Waals surface area (Å²) in [6.45, 7) is 0. The molecule has 0 aliphatic heterocycles. The topological polar surface area (TPSA) is 0 Å². The summed E-state index contributed by atoms with van der Waals surface area (Å²) in [7, 11) is 0. The van der Waals surface area contributed by atoms with Gasteiger partial charge in [-0.25, -0.2) is 0 Å². The molecule has 0 heterocycles. The van der Waals surface area contributed by atoms with Crippen molar-refractivity contribution < 1.29 is 36.5 Å². The first-order chi connectivity index (χ1) is 0. The maximum Gasteiger partial charge on any atom is 2.00 e. The van der Waals surface area contributed by atoms with Crippen LogP contribution in [0, 0.1) is 0 Å². The fraction of sp³-hybridized carbons (Fsp3) is 0. The predicted octanol–water partition coefficient (Wildman–Crippen LogP) is -0.388. The Bertz CT molecular complexity index is 8.00. The minimum absolute atomic E-state index is 0. The van der Waals surface area contributed by atoms with Crippen molar-refractivity contribution in [2.75, 3.05) is 0 Å². The molecule has 0 spiro atoms. The van der Waals surface area contributed by atoms with Crippen molar-refractivity contribution >= 4 is 40.8 Å². The molecule has 0 amide bonds. The van der Waals surface area contributed by atoms with Crippen molar-refractivity contribution in [1.82, 2.24) is 0 Å². The third-order valence-electron chi connectivity index (χ3n) is 0. The first-order valence-corrected chi connectivity index (χ1v) is 0. The monoisotopic (exact) mass is 367 g/mol. The molecule has 23 valence electrons. The molecule has 0 aliphatic carbocycles. The van der Waals surface area contributed by atoms with Crippen LogP contribution in [0.4, 0.5) is 0 Å². The largest absolute Gasteiger partial charge is 2.00 e. The van der Waals surface area contributed by atoms with Crippen molar-refractivity contribution in [2.24, 2.45) is 0 Å². The SMILES string of the molecule is [Cu+2].[Pb].[S-2].[Zn]. The third-order valence-corrected chi connectivity index (χ3v) is 0. The number of rotatable bonds is 0. The normalized spacial score (nSPS) is 0. The summed E-state index contributed by atoms with van der Waals surface area (Å²) in [4.78, 5) is 0. The van der Waals surface area contributed by atoms with E-state index in [2.05, 4.69) is 0 Å². The van der Waals surface area contributed by atoms with Gasteiger partial charge in [-0.05, 0) is 0 Å². The summed E-state index contributed by atoms with van der Waals surface area (Å²) >= 11 is 0. The summed E-state index contributed by atoms with van der Waals surface area (Å²) < 4.78 is 0. The van der Waals surface area contributed by atoms with E-state index in [9.17, 15) is 0 Å². The van der Waals surface area contributed by atoms with Gasteiger partial charge in [-0.1, -0.05) is 0 Å². The van der Waals surface area contributed by atoms with Crippen LogP contribution < -0.4 is 0 Å². The maximum atomic E-state index is 0. The molecule has 0 atom stereocenters. The molecule has 0 rings (SSSR count). The molecule has 0 bridgehead atoms. The van der Waals surface area contributed by atoms with E-state index >= 15 is 0 Å². The standard InChI is InChI=1S/Cu.Pb.S.Zn/q+2;;-2;. The van der Waals surface area contributed by atoms with Crippen molar-refractivity contribution in [3.8, 4) is 0 Å². The molecule has 4 heteroatoms. The van der Waals surface area contributed by atoms with Gasteiger partial charge >= 0.3 is 17.1 Å². The Balaban J connectivity index is 0. The summed E-state index contributed by atoms with van der Waals surface area (Å²) in [5.41, 5.74) is 0. The van der Waals surface area contributed by atoms with Crippen molar-refractivity contribution in [1.29, 1.82) is 0 Å². The van der Waals surface area contributed by atoms with E-state index in [4.69, 9.17) is 0 Å². The molecular weight excluding hydrogens is 368 g/mol. The zero-order valence-electron chi connectivity index (χ0n) is 1.92. The molecule has 0 N–H and O–H groups in total. The van der Waals surface area contributed by atoms with Gasteiger partial charge in [0, 0.05) is 46.8 Å². The third kappa shape index (κ3) is 8.83. The zero-order chi connectivity index (χ0) is 0. The van der Waals surface area contributed by atoms with Gasteiger partial charge in [-0.3, -0.25) is 0 Å². The zero-order valence-corrected chi connectivity index (χ0v) is 10.5. The summed E-state index contributed by atoms with van der Waals surface area (Å²) in [6.07, 6.45) is 0. The van der Waals surface area contributed by atoms with E-state index in [0.29, 0.717) is 0 Å². The average molecular weight is 368 g/mol. The van der Waals surface area contributed by atoms with Gasteiger partial charge in [0.2, 0.25) is 0 Å². The molecule has 0 saturated heterocycles.